The monoisotopic (exact) mass is 443 g/mol. The molecule has 8 heteroatoms. The first-order valence-corrected chi connectivity index (χ1v) is 11.1. The van der Waals surface area contributed by atoms with Crippen LogP contribution in [0.5, 0.6) is 5.75 Å². The second kappa shape index (κ2) is 9.09. The standard InChI is InChI=1S/C23H25NO6S/c1-28-17-5-6-18-15(11-17)3-4-16-12-19(31-21(16)18)23(27)30-13-20(25)24-9-7-14(8-10-24)22(26)29-2/h5-6,11-12,14H,3-4,7-10,13H2,1-2H3. The molecule has 0 N–H and O–H groups in total. The normalized spacial score (nSPS) is 15.6. The van der Waals surface area contributed by atoms with Gasteiger partial charge in [-0.3, -0.25) is 9.59 Å². The van der Waals surface area contributed by atoms with Crippen molar-refractivity contribution in [2.45, 2.75) is 25.7 Å². The Morgan fingerprint density at radius 3 is 2.52 bits per heavy atom. The number of aryl methyl sites for hydroxylation is 2. The average Bonchev–Trinajstić information content (AvgIpc) is 3.26. The smallest absolute Gasteiger partial charge is 0.348 e. The average molecular weight is 444 g/mol. The maximum atomic E-state index is 12.6. The van der Waals surface area contributed by atoms with Crippen molar-refractivity contribution in [3.05, 3.63) is 40.3 Å². The summed E-state index contributed by atoms with van der Waals surface area (Å²) in [5.74, 6) is -0.299. The molecule has 1 amide bonds. The van der Waals surface area contributed by atoms with Gasteiger partial charge in [0.15, 0.2) is 6.61 Å². The number of esters is 2. The third-order valence-electron chi connectivity index (χ3n) is 5.94. The quantitative estimate of drug-likeness (QED) is 0.661. The molecule has 1 aromatic heterocycles. The van der Waals surface area contributed by atoms with E-state index in [9.17, 15) is 14.4 Å². The second-order valence-electron chi connectivity index (χ2n) is 7.74. The maximum absolute atomic E-state index is 12.6. The highest BCUT2D eigenvalue weighted by Crippen LogP contribution is 2.41. The maximum Gasteiger partial charge on any atom is 0.348 e. The molecule has 0 radical (unpaired) electrons. The van der Waals surface area contributed by atoms with Crippen LogP contribution in [0.2, 0.25) is 0 Å². The van der Waals surface area contributed by atoms with Gasteiger partial charge in [-0.15, -0.1) is 11.3 Å². The number of hydrogen-bond acceptors (Lipinski definition) is 7. The van der Waals surface area contributed by atoms with Crippen LogP contribution in [0.25, 0.3) is 10.4 Å². The summed E-state index contributed by atoms with van der Waals surface area (Å²) in [6.45, 7) is 0.630. The van der Waals surface area contributed by atoms with E-state index in [1.165, 1.54) is 24.0 Å². The van der Waals surface area contributed by atoms with Crippen molar-refractivity contribution in [2.24, 2.45) is 5.92 Å². The molecule has 0 saturated carbocycles. The number of amides is 1. The van der Waals surface area contributed by atoms with Crippen LogP contribution in [-0.2, 0) is 31.9 Å². The molecule has 1 fully saturated rings. The molecule has 2 aliphatic rings. The van der Waals surface area contributed by atoms with Crippen molar-refractivity contribution in [3.8, 4) is 16.2 Å². The van der Waals surface area contributed by atoms with Crippen molar-refractivity contribution < 1.29 is 28.6 Å². The lowest BCUT2D eigenvalue weighted by molar-refractivity contribution is -0.149. The molecular formula is C23H25NO6S. The van der Waals surface area contributed by atoms with Crippen LogP contribution in [0.1, 0.15) is 33.6 Å². The number of piperidine rings is 1. The van der Waals surface area contributed by atoms with Crippen molar-refractivity contribution in [2.75, 3.05) is 33.9 Å². The van der Waals surface area contributed by atoms with Crippen LogP contribution in [0.4, 0.5) is 0 Å². The molecule has 1 aromatic carbocycles. The van der Waals surface area contributed by atoms with Gasteiger partial charge < -0.3 is 19.1 Å². The molecule has 0 atom stereocenters. The van der Waals surface area contributed by atoms with Gasteiger partial charge in [0.05, 0.1) is 20.1 Å². The molecule has 1 aliphatic heterocycles. The van der Waals surface area contributed by atoms with Crippen molar-refractivity contribution in [1.82, 2.24) is 4.90 Å². The van der Waals surface area contributed by atoms with E-state index < -0.39 is 5.97 Å². The summed E-state index contributed by atoms with van der Waals surface area (Å²) in [6.07, 6.45) is 2.88. The van der Waals surface area contributed by atoms with Crippen LogP contribution < -0.4 is 4.74 Å². The van der Waals surface area contributed by atoms with E-state index in [2.05, 4.69) is 0 Å². The summed E-state index contributed by atoms with van der Waals surface area (Å²) in [7, 11) is 3.02. The molecule has 1 aliphatic carbocycles. The lowest BCUT2D eigenvalue weighted by atomic mass is 9.91. The summed E-state index contributed by atoms with van der Waals surface area (Å²) in [6, 6.07) is 7.87. The number of carbonyl (C=O) groups is 3. The predicted molar refractivity (Wildman–Crippen MR) is 115 cm³/mol. The first-order chi connectivity index (χ1) is 15.0. The van der Waals surface area contributed by atoms with Gasteiger partial charge in [-0.25, -0.2) is 4.79 Å². The van der Waals surface area contributed by atoms with Gasteiger partial charge in [-0.05, 0) is 66.6 Å². The number of likely N-dealkylation sites (tertiary alicyclic amines) is 1. The Morgan fingerprint density at radius 1 is 1.06 bits per heavy atom. The van der Waals surface area contributed by atoms with Gasteiger partial charge in [-0.1, -0.05) is 0 Å². The number of fused-ring (bicyclic) bond motifs is 3. The predicted octanol–water partition coefficient (Wildman–Crippen LogP) is 3.09. The van der Waals surface area contributed by atoms with Gasteiger partial charge in [0, 0.05) is 18.0 Å². The second-order valence-corrected chi connectivity index (χ2v) is 8.79. The number of rotatable bonds is 5. The van der Waals surface area contributed by atoms with E-state index in [4.69, 9.17) is 14.2 Å². The van der Waals surface area contributed by atoms with Crippen LogP contribution in [0.15, 0.2) is 24.3 Å². The molecule has 7 nitrogen and oxygen atoms in total. The SMILES string of the molecule is COC(=O)C1CCN(C(=O)COC(=O)c2cc3c(s2)-c2ccc(OC)cc2CC3)CC1. The molecule has 2 heterocycles. The number of thiophene rings is 1. The van der Waals surface area contributed by atoms with E-state index in [1.807, 2.05) is 24.3 Å². The fourth-order valence-electron chi connectivity index (χ4n) is 4.16. The van der Waals surface area contributed by atoms with Crippen LogP contribution in [0.3, 0.4) is 0 Å². The van der Waals surface area contributed by atoms with Gasteiger partial charge in [0.2, 0.25) is 0 Å². The number of benzene rings is 1. The number of methoxy groups -OCH3 is 2. The Labute approximate surface area is 184 Å². The lowest BCUT2D eigenvalue weighted by Gasteiger charge is -2.30. The van der Waals surface area contributed by atoms with Crippen LogP contribution >= 0.6 is 11.3 Å². The molecule has 164 valence electrons. The van der Waals surface area contributed by atoms with Gasteiger partial charge in [0.25, 0.3) is 5.91 Å². The van der Waals surface area contributed by atoms with Gasteiger partial charge in [0.1, 0.15) is 10.6 Å². The summed E-state index contributed by atoms with van der Waals surface area (Å²) in [4.78, 5) is 39.8. The number of ether oxygens (including phenoxy) is 3. The Morgan fingerprint density at radius 2 is 1.81 bits per heavy atom. The molecule has 31 heavy (non-hydrogen) atoms. The van der Waals surface area contributed by atoms with Gasteiger partial charge in [-0.2, -0.15) is 0 Å². The van der Waals surface area contributed by atoms with Crippen LogP contribution in [0, 0.1) is 5.92 Å². The minimum absolute atomic E-state index is 0.170. The number of carbonyl (C=O) groups excluding carboxylic acids is 3. The third-order valence-corrected chi connectivity index (χ3v) is 7.13. The summed E-state index contributed by atoms with van der Waals surface area (Å²) < 4.78 is 15.4. The molecular weight excluding hydrogens is 418 g/mol. The summed E-state index contributed by atoms with van der Waals surface area (Å²) >= 11 is 1.40. The minimum atomic E-state index is -0.479. The molecule has 0 spiro atoms. The topological polar surface area (TPSA) is 82.1 Å². The van der Waals surface area contributed by atoms with E-state index in [-0.39, 0.29) is 24.4 Å². The molecule has 0 unspecified atom stereocenters. The fourth-order valence-corrected chi connectivity index (χ4v) is 5.32. The zero-order chi connectivity index (χ0) is 22.0. The highest BCUT2D eigenvalue weighted by molar-refractivity contribution is 7.17. The van der Waals surface area contributed by atoms with Crippen molar-refractivity contribution in [3.63, 3.8) is 0 Å². The Hall–Kier alpha value is -2.87. The summed E-state index contributed by atoms with van der Waals surface area (Å²) in [5.41, 5.74) is 3.46. The highest BCUT2D eigenvalue weighted by Gasteiger charge is 2.29. The zero-order valence-electron chi connectivity index (χ0n) is 17.6. The molecule has 0 bridgehead atoms. The lowest BCUT2D eigenvalue weighted by Crippen LogP contribution is -2.42. The minimum Gasteiger partial charge on any atom is -0.497 e. The zero-order valence-corrected chi connectivity index (χ0v) is 18.5. The fraction of sp³-hybridized carbons (Fsp3) is 0.435. The van der Waals surface area contributed by atoms with Crippen molar-refractivity contribution >= 4 is 29.2 Å². The van der Waals surface area contributed by atoms with E-state index >= 15 is 0 Å². The Balaban J connectivity index is 1.35. The van der Waals surface area contributed by atoms with E-state index in [0.29, 0.717) is 30.8 Å². The Bertz CT molecular complexity index is 1010. The third kappa shape index (κ3) is 4.44. The van der Waals surface area contributed by atoms with E-state index in [1.54, 1.807) is 12.0 Å². The van der Waals surface area contributed by atoms with Crippen molar-refractivity contribution in [1.29, 1.82) is 0 Å². The largest absolute Gasteiger partial charge is 0.497 e. The van der Waals surface area contributed by atoms with E-state index in [0.717, 1.165) is 34.6 Å². The molecule has 4 rings (SSSR count). The first kappa shape index (κ1) is 21.4. The summed E-state index contributed by atoms with van der Waals surface area (Å²) in [5, 5.41) is 0. The highest BCUT2D eigenvalue weighted by atomic mass is 32.1. The molecule has 2 aromatic rings. The first-order valence-electron chi connectivity index (χ1n) is 10.3. The number of nitrogens with zero attached hydrogens (tertiary/aromatic N) is 1. The number of hydrogen-bond donors (Lipinski definition) is 0. The Kier molecular flexibility index (Phi) is 6.27. The van der Waals surface area contributed by atoms with Crippen LogP contribution in [-0.4, -0.2) is 56.7 Å². The van der Waals surface area contributed by atoms with Gasteiger partial charge >= 0.3 is 11.9 Å². The molecule has 1 saturated heterocycles.